The molecule has 1 aromatic carbocycles. The molecule has 0 fully saturated rings. The molecule has 0 aliphatic rings. The molecule has 7 nitrogen and oxygen atoms in total. The first-order valence-electron chi connectivity index (χ1n) is 7.95. The van der Waals surface area contributed by atoms with E-state index in [0.29, 0.717) is 31.5 Å². The lowest BCUT2D eigenvalue weighted by molar-refractivity contribution is 0.321. The zero-order valence-electron chi connectivity index (χ0n) is 15.2. The molecule has 1 heterocycles. The van der Waals surface area contributed by atoms with E-state index in [1.54, 1.807) is 27.5 Å². The van der Waals surface area contributed by atoms with Crippen molar-refractivity contribution in [2.75, 3.05) is 34.4 Å². The Morgan fingerprint density at radius 1 is 1.00 bits per heavy atom. The van der Waals surface area contributed by atoms with Crippen molar-refractivity contribution in [1.82, 2.24) is 15.6 Å². The summed E-state index contributed by atoms with van der Waals surface area (Å²) in [5.74, 6) is 2.91. The highest BCUT2D eigenvalue weighted by Crippen LogP contribution is 2.16. The summed E-state index contributed by atoms with van der Waals surface area (Å²) in [5.41, 5.74) is 1.04. The van der Waals surface area contributed by atoms with Crippen LogP contribution < -0.4 is 24.8 Å². The van der Waals surface area contributed by atoms with Gasteiger partial charge >= 0.3 is 0 Å². The van der Waals surface area contributed by atoms with Crippen LogP contribution in [0.5, 0.6) is 17.4 Å². The second-order valence-corrected chi connectivity index (χ2v) is 5.09. The number of halogens is 1. The van der Waals surface area contributed by atoms with Gasteiger partial charge in [-0.1, -0.05) is 6.07 Å². The van der Waals surface area contributed by atoms with Gasteiger partial charge in [-0.3, -0.25) is 4.99 Å². The van der Waals surface area contributed by atoms with Gasteiger partial charge in [0.05, 0.1) is 20.8 Å². The monoisotopic (exact) mass is 472 g/mol. The lowest BCUT2D eigenvalue weighted by atomic mass is 10.3. The third-order valence-corrected chi connectivity index (χ3v) is 3.41. The number of benzene rings is 1. The van der Waals surface area contributed by atoms with E-state index in [-0.39, 0.29) is 24.0 Å². The summed E-state index contributed by atoms with van der Waals surface area (Å²) in [5, 5.41) is 6.42. The molecule has 0 spiro atoms. The molecule has 2 rings (SSSR count). The van der Waals surface area contributed by atoms with Crippen molar-refractivity contribution in [3.05, 3.63) is 48.2 Å². The fourth-order valence-corrected chi connectivity index (χ4v) is 2.05. The summed E-state index contributed by atoms with van der Waals surface area (Å²) in [4.78, 5) is 8.35. The predicted octanol–water partition coefficient (Wildman–Crippen LogP) is 2.46. The molecular weight excluding hydrogens is 447 g/mol. The zero-order valence-corrected chi connectivity index (χ0v) is 17.5. The second-order valence-electron chi connectivity index (χ2n) is 5.09. The number of aliphatic imine (C=N–C) groups is 1. The number of nitrogens with one attached hydrogen (secondary N) is 2. The van der Waals surface area contributed by atoms with Gasteiger partial charge in [-0.2, -0.15) is 0 Å². The summed E-state index contributed by atoms with van der Waals surface area (Å²) in [6.07, 6.45) is 1.77. The smallest absolute Gasteiger partial charge is 0.212 e. The number of pyridine rings is 1. The molecular formula is C18H25IN4O3. The van der Waals surface area contributed by atoms with Gasteiger partial charge in [-0.25, -0.2) is 4.98 Å². The van der Waals surface area contributed by atoms with Crippen LogP contribution in [-0.2, 0) is 6.54 Å². The van der Waals surface area contributed by atoms with Crippen LogP contribution in [0.3, 0.4) is 0 Å². The summed E-state index contributed by atoms with van der Waals surface area (Å²) in [6.45, 7) is 1.78. The lowest BCUT2D eigenvalue weighted by Crippen LogP contribution is -2.38. The van der Waals surface area contributed by atoms with Crippen LogP contribution in [0.25, 0.3) is 0 Å². The van der Waals surface area contributed by atoms with Crippen LogP contribution in [0.2, 0.25) is 0 Å². The molecule has 1 aromatic heterocycles. The van der Waals surface area contributed by atoms with Gasteiger partial charge in [0.25, 0.3) is 0 Å². The van der Waals surface area contributed by atoms with E-state index < -0.39 is 0 Å². The van der Waals surface area contributed by atoms with Crippen molar-refractivity contribution < 1.29 is 14.2 Å². The zero-order chi connectivity index (χ0) is 17.9. The predicted molar refractivity (Wildman–Crippen MR) is 113 cm³/mol. The summed E-state index contributed by atoms with van der Waals surface area (Å²) >= 11 is 0. The van der Waals surface area contributed by atoms with E-state index in [1.807, 2.05) is 36.4 Å². The molecule has 2 aromatic rings. The Labute approximate surface area is 171 Å². The second kappa shape index (κ2) is 12.2. The van der Waals surface area contributed by atoms with Crippen molar-refractivity contribution >= 4 is 29.9 Å². The van der Waals surface area contributed by atoms with E-state index in [2.05, 4.69) is 20.6 Å². The third-order valence-electron chi connectivity index (χ3n) is 3.41. The molecule has 142 valence electrons. The van der Waals surface area contributed by atoms with Crippen LogP contribution in [0.4, 0.5) is 0 Å². The molecule has 0 radical (unpaired) electrons. The van der Waals surface area contributed by atoms with Gasteiger partial charge in [-0.15, -0.1) is 24.0 Å². The topological polar surface area (TPSA) is 77.0 Å². The molecule has 8 heteroatoms. The molecule has 0 unspecified atom stereocenters. The number of guanidine groups is 1. The van der Waals surface area contributed by atoms with Gasteiger partial charge in [0.2, 0.25) is 5.88 Å². The highest BCUT2D eigenvalue weighted by Gasteiger charge is 2.00. The molecule has 0 aliphatic carbocycles. The average Bonchev–Trinajstić information content (AvgIpc) is 2.68. The molecule has 26 heavy (non-hydrogen) atoms. The largest absolute Gasteiger partial charge is 0.497 e. The maximum Gasteiger partial charge on any atom is 0.212 e. The van der Waals surface area contributed by atoms with E-state index in [1.165, 1.54) is 0 Å². The van der Waals surface area contributed by atoms with E-state index in [4.69, 9.17) is 14.2 Å². The van der Waals surface area contributed by atoms with Crippen molar-refractivity contribution in [1.29, 1.82) is 0 Å². The molecule has 0 aliphatic heterocycles. The molecule has 0 saturated heterocycles. The van der Waals surface area contributed by atoms with Crippen LogP contribution in [0, 0.1) is 0 Å². The first kappa shape index (κ1) is 21.8. The first-order valence-corrected chi connectivity index (χ1v) is 7.95. The van der Waals surface area contributed by atoms with Crippen LogP contribution >= 0.6 is 24.0 Å². The third kappa shape index (κ3) is 7.34. The van der Waals surface area contributed by atoms with Crippen LogP contribution in [0.1, 0.15) is 5.56 Å². The molecule has 0 amide bonds. The van der Waals surface area contributed by atoms with E-state index in [9.17, 15) is 0 Å². The number of methoxy groups -OCH3 is 2. The summed E-state index contributed by atoms with van der Waals surface area (Å²) < 4.78 is 15.8. The Morgan fingerprint density at radius 3 is 2.31 bits per heavy atom. The SMILES string of the molecule is CN=C(NCCOc1ccc(OC)cc1)NCc1ccc(OC)nc1.I. The Morgan fingerprint density at radius 2 is 1.73 bits per heavy atom. The average molecular weight is 472 g/mol. The van der Waals surface area contributed by atoms with E-state index >= 15 is 0 Å². The fourth-order valence-electron chi connectivity index (χ4n) is 2.05. The number of nitrogens with zero attached hydrogens (tertiary/aromatic N) is 2. The minimum absolute atomic E-state index is 0. The quantitative estimate of drug-likeness (QED) is 0.266. The number of hydrogen-bond acceptors (Lipinski definition) is 5. The van der Waals surface area contributed by atoms with Gasteiger partial charge < -0.3 is 24.8 Å². The normalized spacial score (nSPS) is 10.5. The van der Waals surface area contributed by atoms with Gasteiger partial charge in [0, 0.05) is 25.9 Å². The van der Waals surface area contributed by atoms with Crippen molar-refractivity contribution in [2.24, 2.45) is 4.99 Å². The van der Waals surface area contributed by atoms with Crippen molar-refractivity contribution in [3.63, 3.8) is 0 Å². The fraction of sp³-hybridized carbons (Fsp3) is 0.333. The first-order chi connectivity index (χ1) is 12.2. The van der Waals surface area contributed by atoms with Gasteiger partial charge in [0.15, 0.2) is 5.96 Å². The maximum absolute atomic E-state index is 5.66. The Balaban J connectivity index is 0.00000338. The standard InChI is InChI=1S/C18H24N4O3.HI/c1-19-18(22-13-14-4-9-17(24-3)21-12-14)20-10-11-25-16-7-5-15(23-2)6-8-16;/h4-9,12H,10-11,13H2,1-3H3,(H2,19,20,22);1H. The number of aromatic nitrogens is 1. The van der Waals surface area contributed by atoms with Gasteiger partial charge in [-0.05, 0) is 29.8 Å². The maximum atomic E-state index is 5.66. The molecule has 0 bridgehead atoms. The lowest BCUT2D eigenvalue weighted by Gasteiger charge is -2.12. The Bertz CT molecular complexity index is 663. The summed E-state index contributed by atoms with van der Waals surface area (Å²) in [6, 6.07) is 11.3. The Hall–Kier alpha value is -2.23. The van der Waals surface area contributed by atoms with Crippen molar-refractivity contribution in [3.8, 4) is 17.4 Å². The highest BCUT2D eigenvalue weighted by molar-refractivity contribution is 14.0. The van der Waals surface area contributed by atoms with Gasteiger partial charge in [0.1, 0.15) is 18.1 Å². The number of hydrogen-bond donors (Lipinski definition) is 2. The molecule has 2 N–H and O–H groups in total. The molecule has 0 atom stereocenters. The highest BCUT2D eigenvalue weighted by atomic mass is 127. The number of ether oxygens (including phenoxy) is 3. The minimum Gasteiger partial charge on any atom is -0.497 e. The minimum atomic E-state index is 0. The van der Waals surface area contributed by atoms with Crippen LogP contribution in [0.15, 0.2) is 47.6 Å². The van der Waals surface area contributed by atoms with Crippen molar-refractivity contribution in [2.45, 2.75) is 6.54 Å². The summed E-state index contributed by atoms with van der Waals surface area (Å²) in [7, 11) is 4.96. The van der Waals surface area contributed by atoms with Crippen LogP contribution in [-0.4, -0.2) is 45.4 Å². The van der Waals surface area contributed by atoms with E-state index in [0.717, 1.165) is 17.1 Å². The Kier molecular flexibility index (Phi) is 10.2. The number of rotatable bonds is 8. The molecule has 0 saturated carbocycles.